The van der Waals surface area contributed by atoms with E-state index in [0.717, 1.165) is 16.5 Å². The Labute approximate surface area is 91.9 Å². The van der Waals surface area contributed by atoms with Crippen LogP contribution in [-0.2, 0) is 4.79 Å². The summed E-state index contributed by atoms with van der Waals surface area (Å²) in [5, 5.41) is 9.45. The van der Waals surface area contributed by atoms with Crippen LogP contribution >= 0.6 is 0 Å². The van der Waals surface area contributed by atoms with Gasteiger partial charge >= 0.3 is 5.97 Å². The van der Waals surface area contributed by atoms with Crippen LogP contribution in [0.3, 0.4) is 0 Å². The predicted octanol–water partition coefficient (Wildman–Crippen LogP) is 2.13. The van der Waals surface area contributed by atoms with E-state index in [-0.39, 0.29) is 0 Å². The van der Waals surface area contributed by atoms with E-state index in [1.165, 1.54) is 0 Å². The summed E-state index contributed by atoms with van der Waals surface area (Å²) < 4.78 is 0. The van der Waals surface area contributed by atoms with Gasteiger partial charge in [0.15, 0.2) is 5.78 Å². The molecule has 0 fully saturated rings. The minimum atomic E-state index is -1.11. The number of carbonyl (C=O) groups is 2. The maximum absolute atomic E-state index is 11.5. The van der Waals surface area contributed by atoms with Crippen molar-refractivity contribution in [2.45, 2.75) is 13.3 Å². The lowest BCUT2D eigenvalue weighted by atomic mass is 10.1. The molecule has 0 saturated heterocycles. The minimum Gasteiger partial charge on any atom is -0.481 e. The fourth-order valence-corrected chi connectivity index (χ4v) is 1.63. The highest BCUT2D eigenvalue weighted by Crippen LogP contribution is 2.17. The molecule has 4 heteroatoms. The first-order valence-electron chi connectivity index (χ1n) is 4.90. The molecule has 0 amide bonds. The van der Waals surface area contributed by atoms with Crippen LogP contribution in [-0.4, -0.2) is 21.8 Å². The Kier molecular flexibility index (Phi) is 2.48. The fourth-order valence-electron chi connectivity index (χ4n) is 1.63. The average Bonchev–Trinajstić information content (AvgIpc) is 2.59. The van der Waals surface area contributed by atoms with Gasteiger partial charge in [0, 0.05) is 10.9 Å². The lowest BCUT2D eigenvalue weighted by molar-refractivity contribution is -0.135. The number of hydrogen-bond donors (Lipinski definition) is 2. The normalized spacial score (nSPS) is 10.6. The van der Waals surface area contributed by atoms with Gasteiger partial charge < -0.3 is 10.1 Å². The highest BCUT2D eigenvalue weighted by Gasteiger charge is 2.12. The van der Waals surface area contributed by atoms with Crippen molar-refractivity contribution in [3.05, 3.63) is 35.5 Å². The van der Waals surface area contributed by atoms with Gasteiger partial charge in [0.1, 0.15) is 6.42 Å². The summed E-state index contributed by atoms with van der Waals surface area (Å²) in [6.45, 7) is 1.96. The van der Waals surface area contributed by atoms with Gasteiger partial charge in [0.05, 0.1) is 5.69 Å². The van der Waals surface area contributed by atoms with Gasteiger partial charge in [-0.2, -0.15) is 0 Å². The second-order valence-electron chi connectivity index (χ2n) is 3.77. The van der Waals surface area contributed by atoms with Gasteiger partial charge in [-0.25, -0.2) is 0 Å². The lowest BCUT2D eigenvalue weighted by Gasteiger charge is -1.91. The highest BCUT2D eigenvalue weighted by atomic mass is 16.4. The quantitative estimate of drug-likeness (QED) is 0.611. The largest absolute Gasteiger partial charge is 0.481 e. The van der Waals surface area contributed by atoms with E-state index in [1.54, 1.807) is 6.07 Å². The molecular weight excluding hydrogens is 206 g/mol. The van der Waals surface area contributed by atoms with Crippen molar-refractivity contribution in [3.63, 3.8) is 0 Å². The molecule has 0 radical (unpaired) electrons. The van der Waals surface area contributed by atoms with Gasteiger partial charge in [-0.15, -0.1) is 0 Å². The molecule has 2 rings (SSSR count). The van der Waals surface area contributed by atoms with Crippen molar-refractivity contribution >= 4 is 22.7 Å². The Morgan fingerprint density at radius 1 is 1.31 bits per heavy atom. The monoisotopic (exact) mass is 217 g/mol. The molecule has 2 aromatic rings. The van der Waals surface area contributed by atoms with Crippen LogP contribution in [0.25, 0.3) is 10.9 Å². The third-order valence-corrected chi connectivity index (χ3v) is 2.39. The molecule has 2 N–H and O–H groups in total. The molecular formula is C12H11NO3. The molecule has 16 heavy (non-hydrogen) atoms. The number of nitrogens with one attached hydrogen (secondary N) is 1. The second-order valence-corrected chi connectivity index (χ2v) is 3.77. The van der Waals surface area contributed by atoms with Crippen LogP contribution in [0.5, 0.6) is 0 Å². The van der Waals surface area contributed by atoms with Gasteiger partial charge in [0.25, 0.3) is 0 Å². The van der Waals surface area contributed by atoms with E-state index in [1.807, 2.05) is 25.1 Å². The van der Waals surface area contributed by atoms with Crippen LogP contribution in [0.4, 0.5) is 0 Å². The molecule has 4 nitrogen and oxygen atoms in total. The minimum absolute atomic E-state index is 0.350. The average molecular weight is 217 g/mol. The number of fused-ring (bicyclic) bond motifs is 1. The lowest BCUT2D eigenvalue weighted by Crippen LogP contribution is -2.06. The van der Waals surface area contributed by atoms with Crippen LogP contribution in [0.1, 0.15) is 22.5 Å². The molecule has 1 aromatic carbocycles. The van der Waals surface area contributed by atoms with Crippen LogP contribution in [0.15, 0.2) is 24.3 Å². The Hall–Kier alpha value is -2.10. The molecule has 0 bridgehead atoms. The topological polar surface area (TPSA) is 70.2 Å². The van der Waals surface area contributed by atoms with Gasteiger partial charge in [-0.05, 0) is 25.1 Å². The smallest absolute Gasteiger partial charge is 0.311 e. The molecule has 0 aliphatic carbocycles. The van der Waals surface area contributed by atoms with E-state index in [0.29, 0.717) is 5.69 Å². The standard InChI is InChI=1S/C12H11NO3/c1-7-2-3-9-8(4-7)5-10(13-9)11(14)6-12(15)16/h2-5,13H,6H2,1H3,(H,15,16). The number of aryl methyl sites for hydroxylation is 1. The van der Waals surface area contributed by atoms with Crippen molar-refractivity contribution in [3.8, 4) is 0 Å². The van der Waals surface area contributed by atoms with Crippen molar-refractivity contribution in [2.75, 3.05) is 0 Å². The zero-order valence-electron chi connectivity index (χ0n) is 8.78. The maximum atomic E-state index is 11.5. The molecule has 0 aliphatic rings. The Bertz CT molecular complexity index is 569. The third-order valence-electron chi connectivity index (χ3n) is 2.39. The van der Waals surface area contributed by atoms with Crippen LogP contribution < -0.4 is 0 Å². The zero-order valence-corrected chi connectivity index (χ0v) is 8.78. The summed E-state index contributed by atoms with van der Waals surface area (Å²) in [5.74, 6) is -1.51. The molecule has 1 aromatic heterocycles. The molecule has 0 spiro atoms. The van der Waals surface area contributed by atoms with E-state index in [4.69, 9.17) is 5.11 Å². The van der Waals surface area contributed by atoms with E-state index in [2.05, 4.69) is 4.98 Å². The van der Waals surface area contributed by atoms with E-state index in [9.17, 15) is 9.59 Å². The molecule has 1 heterocycles. The number of carboxylic acid groups (broad SMARTS) is 1. The number of hydrogen-bond acceptors (Lipinski definition) is 2. The number of carboxylic acids is 1. The van der Waals surface area contributed by atoms with Crippen LogP contribution in [0.2, 0.25) is 0 Å². The first kappa shape index (κ1) is 10.4. The Morgan fingerprint density at radius 2 is 2.06 bits per heavy atom. The van der Waals surface area contributed by atoms with Crippen molar-refractivity contribution < 1.29 is 14.7 Å². The summed E-state index contributed by atoms with van der Waals surface area (Å²) in [4.78, 5) is 24.8. The predicted molar refractivity (Wildman–Crippen MR) is 59.6 cm³/mol. The summed E-state index contributed by atoms with van der Waals surface area (Å²) in [5.41, 5.74) is 2.30. The number of carbonyl (C=O) groups excluding carboxylic acids is 1. The molecule has 0 saturated carbocycles. The highest BCUT2D eigenvalue weighted by molar-refractivity contribution is 6.06. The van der Waals surface area contributed by atoms with Gasteiger partial charge in [-0.1, -0.05) is 11.6 Å². The number of benzene rings is 1. The first-order chi connectivity index (χ1) is 7.56. The molecule has 0 aliphatic heterocycles. The zero-order chi connectivity index (χ0) is 11.7. The van der Waals surface area contributed by atoms with Crippen molar-refractivity contribution in [2.24, 2.45) is 0 Å². The fraction of sp³-hybridized carbons (Fsp3) is 0.167. The summed E-state index contributed by atoms with van der Waals surface area (Å²) in [7, 11) is 0. The van der Waals surface area contributed by atoms with Crippen molar-refractivity contribution in [1.29, 1.82) is 0 Å². The second kappa shape index (κ2) is 3.81. The van der Waals surface area contributed by atoms with Crippen LogP contribution in [0, 0.1) is 6.92 Å². The van der Waals surface area contributed by atoms with Gasteiger partial charge in [0.2, 0.25) is 0 Å². The van der Waals surface area contributed by atoms with Crippen molar-refractivity contribution in [1.82, 2.24) is 4.98 Å². The maximum Gasteiger partial charge on any atom is 0.311 e. The van der Waals surface area contributed by atoms with E-state index >= 15 is 0 Å². The number of aromatic nitrogens is 1. The number of rotatable bonds is 3. The number of aliphatic carboxylic acids is 1. The number of aromatic amines is 1. The van der Waals surface area contributed by atoms with E-state index < -0.39 is 18.2 Å². The molecule has 82 valence electrons. The number of H-pyrrole nitrogens is 1. The van der Waals surface area contributed by atoms with Gasteiger partial charge in [-0.3, -0.25) is 9.59 Å². The SMILES string of the molecule is Cc1ccc2[nH]c(C(=O)CC(=O)O)cc2c1. The Morgan fingerprint density at radius 3 is 2.75 bits per heavy atom. The molecule has 0 unspecified atom stereocenters. The Balaban J connectivity index is 2.39. The summed E-state index contributed by atoms with van der Waals surface area (Å²) in [6, 6.07) is 7.45. The summed E-state index contributed by atoms with van der Waals surface area (Å²) in [6.07, 6.45) is -0.480. The number of Topliss-reactive ketones (excluding diaryl/α,β-unsaturated/α-hetero) is 1. The number of ketones is 1. The first-order valence-corrected chi connectivity index (χ1v) is 4.90. The summed E-state index contributed by atoms with van der Waals surface area (Å²) >= 11 is 0. The molecule has 0 atom stereocenters. The third kappa shape index (κ3) is 1.95.